The molecule has 0 radical (unpaired) electrons. The fourth-order valence-electron chi connectivity index (χ4n) is 2.45. The first-order chi connectivity index (χ1) is 13.0. The Labute approximate surface area is 163 Å². The van der Waals surface area contributed by atoms with Crippen LogP contribution in [0.1, 0.15) is 0 Å². The van der Waals surface area contributed by atoms with Crippen molar-refractivity contribution in [1.82, 2.24) is 9.55 Å². The number of anilines is 1. The predicted octanol–water partition coefficient (Wildman–Crippen LogP) is 4.11. The van der Waals surface area contributed by atoms with Crippen LogP contribution in [0.3, 0.4) is 0 Å². The number of nitrogens with one attached hydrogen (secondary N) is 1. The summed E-state index contributed by atoms with van der Waals surface area (Å²) in [5.74, 6) is -0.947. The minimum Gasteiger partial charge on any atom is -0.323 e. The summed E-state index contributed by atoms with van der Waals surface area (Å²) in [6.45, 7) is 3.89. The molecular formula is C19H15ClFN3O2S. The zero-order valence-corrected chi connectivity index (χ0v) is 15.7. The molecule has 0 saturated heterocycles. The van der Waals surface area contributed by atoms with Crippen molar-refractivity contribution in [2.24, 2.45) is 0 Å². The number of halogens is 2. The van der Waals surface area contributed by atoms with E-state index < -0.39 is 11.7 Å². The molecule has 1 amide bonds. The topological polar surface area (TPSA) is 64.0 Å². The van der Waals surface area contributed by atoms with Crippen LogP contribution in [0.4, 0.5) is 10.1 Å². The van der Waals surface area contributed by atoms with Crippen LogP contribution in [-0.2, 0) is 11.3 Å². The van der Waals surface area contributed by atoms with Gasteiger partial charge in [-0.05, 0) is 30.3 Å². The second-order valence-corrected chi connectivity index (χ2v) is 6.96. The van der Waals surface area contributed by atoms with Crippen molar-refractivity contribution in [2.75, 3.05) is 11.1 Å². The monoisotopic (exact) mass is 403 g/mol. The van der Waals surface area contributed by atoms with Crippen molar-refractivity contribution < 1.29 is 9.18 Å². The van der Waals surface area contributed by atoms with Gasteiger partial charge in [0.15, 0.2) is 5.16 Å². The van der Waals surface area contributed by atoms with Crippen LogP contribution in [0.15, 0.2) is 65.1 Å². The molecule has 1 heterocycles. The van der Waals surface area contributed by atoms with Gasteiger partial charge in [0.05, 0.1) is 22.3 Å². The van der Waals surface area contributed by atoms with Gasteiger partial charge in [-0.1, -0.05) is 41.6 Å². The number of carbonyl (C=O) groups excluding carboxylic acids is 1. The van der Waals surface area contributed by atoms with E-state index in [2.05, 4.69) is 16.9 Å². The molecule has 5 nitrogen and oxygen atoms in total. The molecule has 8 heteroatoms. The zero-order valence-electron chi connectivity index (χ0n) is 14.1. The molecular weight excluding hydrogens is 389 g/mol. The van der Waals surface area contributed by atoms with Gasteiger partial charge in [-0.25, -0.2) is 9.37 Å². The molecule has 3 rings (SSSR count). The number of rotatable bonds is 6. The zero-order chi connectivity index (χ0) is 19.4. The number of nitrogens with zero attached hydrogens (tertiary/aromatic N) is 2. The van der Waals surface area contributed by atoms with Crippen LogP contribution in [0.2, 0.25) is 5.02 Å². The highest BCUT2D eigenvalue weighted by atomic mass is 35.5. The largest absolute Gasteiger partial charge is 0.323 e. The fraction of sp³-hybridized carbons (Fsp3) is 0.105. The Bertz CT molecular complexity index is 1080. The number of allylic oxidation sites excluding steroid dienone is 1. The molecule has 0 saturated carbocycles. The van der Waals surface area contributed by atoms with Crippen LogP contribution in [-0.4, -0.2) is 21.2 Å². The van der Waals surface area contributed by atoms with Crippen LogP contribution in [0.5, 0.6) is 0 Å². The molecule has 3 aromatic rings. The third-order valence-corrected chi connectivity index (χ3v) is 4.88. The number of thioether (sulfide) groups is 1. The summed E-state index contributed by atoms with van der Waals surface area (Å²) in [5.41, 5.74) is 0.328. The van der Waals surface area contributed by atoms with Crippen molar-refractivity contribution in [1.29, 1.82) is 0 Å². The second-order valence-electron chi connectivity index (χ2n) is 5.58. The molecule has 0 atom stereocenters. The quantitative estimate of drug-likeness (QED) is 0.382. The maximum Gasteiger partial charge on any atom is 0.262 e. The Morgan fingerprint density at radius 1 is 1.33 bits per heavy atom. The number of aromatic nitrogens is 2. The summed E-state index contributed by atoms with van der Waals surface area (Å²) < 4.78 is 15.1. The smallest absolute Gasteiger partial charge is 0.262 e. The average molecular weight is 404 g/mol. The minimum absolute atomic E-state index is 0.0307. The first-order valence-corrected chi connectivity index (χ1v) is 9.34. The Morgan fingerprint density at radius 3 is 2.85 bits per heavy atom. The number of amides is 1. The van der Waals surface area contributed by atoms with Gasteiger partial charge in [0.25, 0.3) is 5.56 Å². The molecule has 0 bridgehead atoms. The lowest BCUT2D eigenvalue weighted by Crippen LogP contribution is -2.24. The average Bonchev–Trinajstić information content (AvgIpc) is 2.65. The first-order valence-electron chi connectivity index (χ1n) is 7.98. The molecule has 1 N–H and O–H groups in total. The van der Waals surface area contributed by atoms with E-state index in [1.54, 1.807) is 36.4 Å². The van der Waals surface area contributed by atoms with E-state index in [4.69, 9.17) is 11.6 Å². The normalized spacial score (nSPS) is 10.7. The van der Waals surface area contributed by atoms with E-state index in [1.807, 2.05) is 0 Å². The van der Waals surface area contributed by atoms with Gasteiger partial charge >= 0.3 is 0 Å². The van der Waals surface area contributed by atoms with E-state index >= 15 is 0 Å². The Hall–Kier alpha value is -2.64. The highest BCUT2D eigenvalue weighted by Gasteiger charge is 2.14. The van der Waals surface area contributed by atoms with E-state index in [0.29, 0.717) is 21.1 Å². The van der Waals surface area contributed by atoms with Crippen molar-refractivity contribution in [3.8, 4) is 0 Å². The summed E-state index contributed by atoms with van der Waals surface area (Å²) in [5, 5.41) is 3.71. The summed E-state index contributed by atoms with van der Waals surface area (Å²) in [6.07, 6.45) is 1.57. The highest BCUT2D eigenvalue weighted by molar-refractivity contribution is 7.99. The van der Waals surface area contributed by atoms with Gasteiger partial charge < -0.3 is 5.32 Å². The van der Waals surface area contributed by atoms with E-state index in [0.717, 1.165) is 11.8 Å². The summed E-state index contributed by atoms with van der Waals surface area (Å²) in [4.78, 5) is 29.3. The number of para-hydroxylation sites is 1. The van der Waals surface area contributed by atoms with Gasteiger partial charge in [0.2, 0.25) is 5.91 Å². The van der Waals surface area contributed by atoms with Crippen molar-refractivity contribution in [3.63, 3.8) is 0 Å². The molecule has 27 heavy (non-hydrogen) atoms. The lowest BCUT2D eigenvalue weighted by molar-refractivity contribution is -0.113. The number of benzene rings is 2. The van der Waals surface area contributed by atoms with Gasteiger partial charge in [0.1, 0.15) is 5.82 Å². The van der Waals surface area contributed by atoms with Gasteiger partial charge in [-0.15, -0.1) is 6.58 Å². The lowest BCUT2D eigenvalue weighted by atomic mass is 10.2. The van der Waals surface area contributed by atoms with Crippen LogP contribution in [0.25, 0.3) is 10.9 Å². The number of hydrogen-bond donors (Lipinski definition) is 1. The van der Waals surface area contributed by atoms with Crippen molar-refractivity contribution in [2.45, 2.75) is 11.7 Å². The molecule has 0 unspecified atom stereocenters. The number of hydrogen-bond acceptors (Lipinski definition) is 4. The van der Waals surface area contributed by atoms with Crippen molar-refractivity contribution >= 4 is 45.9 Å². The second kappa shape index (κ2) is 8.37. The summed E-state index contributed by atoms with van der Waals surface area (Å²) in [7, 11) is 0. The SMILES string of the molecule is C=CCn1c(SCC(=O)Nc2ccccc2F)nc2ccc(Cl)cc2c1=O. The van der Waals surface area contributed by atoms with Crippen LogP contribution < -0.4 is 10.9 Å². The molecule has 0 fully saturated rings. The molecule has 0 aliphatic carbocycles. The third kappa shape index (κ3) is 4.37. The third-order valence-electron chi connectivity index (χ3n) is 3.67. The molecule has 0 aliphatic rings. The molecule has 1 aromatic heterocycles. The van der Waals surface area contributed by atoms with Crippen molar-refractivity contribution in [3.05, 3.63) is 76.3 Å². The van der Waals surface area contributed by atoms with Gasteiger partial charge in [0, 0.05) is 11.6 Å². The van der Waals surface area contributed by atoms with E-state index in [1.165, 1.54) is 16.7 Å². The minimum atomic E-state index is -0.514. The molecule has 0 spiro atoms. The van der Waals surface area contributed by atoms with Gasteiger partial charge in [-0.2, -0.15) is 0 Å². The maximum absolute atomic E-state index is 13.6. The number of carbonyl (C=O) groups is 1. The van der Waals surface area contributed by atoms with Crippen LogP contribution in [0, 0.1) is 5.82 Å². The Balaban J connectivity index is 1.85. The predicted molar refractivity (Wildman–Crippen MR) is 107 cm³/mol. The Morgan fingerprint density at radius 2 is 2.11 bits per heavy atom. The molecule has 138 valence electrons. The lowest BCUT2D eigenvalue weighted by Gasteiger charge is -2.12. The Kier molecular flexibility index (Phi) is 5.93. The standard InChI is InChI=1S/C19H15ClFN3O2S/c1-2-9-24-18(26)13-10-12(20)7-8-15(13)23-19(24)27-11-17(25)22-16-6-4-3-5-14(16)21/h2-8,10H,1,9,11H2,(H,22,25). The summed E-state index contributed by atoms with van der Waals surface area (Å²) in [6, 6.07) is 10.8. The summed E-state index contributed by atoms with van der Waals surface area (Å²) >= 11 is 7.06. The van der Waals surface area contributed by atoms with E-state index in [9.17, 15) is 14.0 Å². The number of fused-ring (bicyclic) bond motifs is 1. The first kappa shape index (κ1) is 19.1. The fourth-order valence-corrected chi connectivity index (χ4v) is 3.43. The maximum atomic E-state index is 13.6. The highest BCUT2D eigenvalue weighted by Crippen LogP contribution is 2.21. The van der Waals surface area contributed by atoms with E-state index in [-0.39, 0.29) is 23.5 Å². The van der Waals surface area contributed by atoms with Crippen LogP contribution >= 0.6 is 23.4 Å². The van der Waals surface area contributed by atoms with Gasteiger partial charge in [-0.3, -0.25) is 14.2 Å². The molecule has 2 aromatic carbocycles. The molecule has 0 aliphatic heterocycles.